The number of carbonyl (C=O) groups is 2. The van der Waals surface area contributed by atoms with Crippen molar-refractivity contribution in [3.8, 4) is 6.07 Å². The van der Waals surface area contributed by atoms with Gasteiger partial charge in [0.25, 0.3) is 5.91 Å². The van der Waals surface area contributed by atoms with Crippen LogP contribution < -0.4 is 5.32 Å². The molecule has 32 heavy (non-hydrogen) atoms. The lowest BCUT2D eigenvalue weighted by Gasteiger charge is -2.33. The first-order valence-electron chi connectivity index (χ1n) is 10.4. The second-order valence-electron chi connectivity index (χ2n) is 7.81. The molecule has 1 aromatic carbocycles. The van der Waals surface area contributed by atoms with Crippen molar-refractivity contribution in [2.75, 3.05) is 45.3 Å². The number of ether oxygens (including phenoxy) is 3. The Hall–Kier alpha value is -2.68. The normalized spacial score (nSPS) is 19.4. The minimum Gasteiger partial charge on any atom is -0.435 e. The molecule has 2 heterocycles. The van der Waals surface area contributed by atoms with Crippen LogP contribution in [0.25, 0.3) is 0 Å². The summed E-state index contributed by atoms with van der Waals surface area (Å²) in [6.45, 7) is 1.80. The second-order valence-corrected chi connectivity index (χ2v) is 9.92. The van der Waals surface area contributed by atoms with Gasteiger partial charge in [-0.1, -0.05) is 30.3 Å². The van der Waals surface area contributed by atoms with E-state index in [-0.39, 0.29) is 31.7 Å². The van der Waals surface area contributed by atoms with Gasteiger partial charge in [-0.15, -0.1) is 0 Å². The van der Waals surface area contributed by atoms with Crippen molar-refractivity contribution in [3.05, 3.63) is 35.9 Å². The third-order valence-corrected chi connectivity index (χ3v) is 6.95. The van der Waals surface area contributed by atoms with Crippen molar-refractivity contribution in [1.29, 1.82) is 5.26 Å². The summed E-state index contributed by atoms with van der Waals surface area (Å²) in [4.78, 5) is 27.0. The van der Waals surface area contributed by atoms with E-state index in [1.54, 1.807) is 30.3 Å². The predicted molar refractivity (Wildman–Crippen MR) is 113 cm³/mol. The summed E-state index contributed by atoms with van der Waals surface area (Å²) in [7, 11) is -3.81. The molecule has 0 radical (unpaired) electrons. The van der Waals surface area contributed by atoms with Crippen molar-refractivity contribution in [1.82, 2.24) is 10.2 Å². The summed E-state index contributed by atoms with van der Waals surface area (Å²) >= 11 is 0. The average Bonchev–Trinajstić information content (AvgIpc) is 2.80. The van der Waals surface area contributed by atoms with Crippen LogP contribution in [-0.4, -0.2) is 82.2 Å². The molecule has 1 aromatic rings. The Morgan fingerprint density at radius 3 is 2.38 bits per heavy atom. The summed E-state index contributed by atoms with van der Waals surface area (Å²) in [5.74, 6) is -1.81. The van der Waals surface area contributed by atoms with Crippen LogP contribution in [0.2, 0.25) is 0 Å². The Bertz CT molecular complexity index is 934. The topological polar surface area (TPSA) is 135 Å². The Morgan fingerprint density at radius 1 is 1.12 bits per heavy atom. The fraction of sp³-hybridized carbons (Fsp3) is 0.571. The zero-order valence-corrected chi connectivity index (χ0v) is 18.5. The lowest BCUT2D eigenvalue weighted by Crippen LogP contribution is -2.56. The van der Waals surface area contributed by atoms with Crippen LogP contribution in [0.15, 0.2) is 30.3 Å². The molecule has 2 fully saturated rings. The van der Waals surface area contributed by atoms with Crippen LogP contribution >= 0.6 is 0 Å². The average molecular weight is 466 g/mol. The molecule has 1 unspecified atom stereocenters. The molecule has 0 bridgehead atoms. The van der Waals surface area contributed by atoms with E-state index in [4.69, 9.17) is 14.2 Å². The van der Waals surface area contributed by atoms with E-state index in [0.717, 1.165) is 0 Å². The van der Waals surface area contributed by atoms with Crippen LogP contribution in [0, 0.1) is 11.3 Å². The van der Waals surface area contributed by atoms with Gasteiger partial charge in [0.15, 0.2) is 15.9 Å². The van der Waals surface area contributed by atoms with Gasteiger partial charge in [-0.25, -0.2) is 13.2 Å². The van der Waals surface area contributed by atoms with Gasteiger partial charge in [0, 0.05) is 39.1 Å². The number of morpholine rings is 1. The molecule has 11 heteroatoms. The first-order chi connectivity index (χ1) is 15.3. The molecule has 0 aliphatic carbocycles. The van der Waals surface area contributed by atoms with Crippen molar-refractivity contribution < 1.29 is 32.2 Å². The van der Waals surface area contributed by atoms with Crippen molar-refractivity contribution in [2.24, 2.45) is 0 Å². The Balaban J connectivity index is 1.75. The Morgan fingerprint density at radius 2 is 1.75 bits per heavy atom. The van der Waals surface area contributed by atoms with Crippen molar-refractivity contribution >= 4 is 21.8 Å². The first-order valence-corrected chi connectivity index (χ1v) is 12.2. The van der Waals surface area contributed by atoms with Gasteiger partial charge in [0.1, 0.15) is 5.54 Å². The first kappa shape index (κ1) is 24.0. The van der Waals surface area contributed by atoms with Crippen molar-refractivity contribution in [2.45, 2.75) is 30.2 Å². The molecular formula is C21H27N3O7S. The number of rotatable bonds is 7. The standard InChI is InChI=1S/C21H27N3O7S/c22-16-21(6-10-29-11-7-21)23-19(25)18(31-20(26)24-8-12-30-13-9-24)15-32(27,28)14-17-4-2-1-3-5-17/h1-5,18H,6-15H2,(H,23,25). The SMILES string of the molecule is N#CC1(NC(=O)C(CS(=O)(=O)Cc2ccccc2)OC(=O)N2CCOCC2)CCOCC1. The molecule has 0 aromatic heterocycles. The van der Waals surface area contributed by atoms with E-state index in [9.17, 15) is 23.3 Å². The monoisotopic (exact) mass is 465 g/mol. The minimum atomic E-state index is -3.81. The molecule has 1 N–H and O–H groups in total. The summed E-state index contributed by atoms with van der Waals surface area (Å²) in [6, 6.07) is 10.6. The van der Waals surface area contributed by atoms with Crippen LogP contribution in [0.1, 0.15) is 18.4 Å². The molecule has 1 atom stereocenters. The number of nitrogens with zero attached hydrogens (tertiary/aromatic N) is 2. The maximum atomic E-state index is 13.0. The lowest BCUT2D eigenvalue weighted by atomic mass is 9.91. The van der Waals surface area contributed by atoms with E-state index in [2.05, 4.69) is 11.4 Å². The van der Waals surface area contributed by atoms with Gasteiger partial charge in [-0.05, 0) is 5.56 Å². The molecule has 10 nitrogen and oxygen atoms in total. The van der Waals surface area contributed by atoms with Gasteiger partial charge in [0.05, 0.1) is 30.8 Å². The molecule has 0 saturated carbocycles. The molecule has 0 spiro atoms. The van der Waals surface area contributed by atoms with Gasteiger partial charge in [0.2, 0.25) is 0 Å². The minimum absolute atomic E-state index is 0.260. The molecule has 2 aliphatic rings. The number of nitrogens with one attached hydrogen (secondary N) is 1. The highest BCUT2D eigenvalue weighted by atomic mass is 32.2. The van der Waals surface area contributed by atoms with E-state index in [1.165, 1.54) is 4.90 Å². The van der Waals surface area contributed by atoms with Gasteiger partial charge in [-0.3, -0.25) is 4.79 Å². The molecule has 2 aliphatic heterocycles. The second kappa shape index (κ2) is 10.8. The van der Waals surface area contributed by atoms with Crippen LogP contribution in [0.5, 0.6) is 0 Å². The fourth-order valence-corrected chi connectivity index (χ4v) is 5.02. The highest BCUT2D eigenvalue weighted by Crippen LogP contribution is 2.21. The van der Waals surface area contributed by atoms with Gasteiger partial charge < -0.3 is 24.4 Å². The zero-order chi connectivity index (χ0) is 23.0. The summed E-state index contributed by atoms with van der Waals surface area (Å²) in [5.41, 5.74) is -0.633. The number of nitriles is 1. The Labute approximate surface area is 187 Å². The van der Waals surface area contributed by atoms with E-state index in [0.29, 0.717) is 32.0 Å². The largest absolute Gasteiger partial charge is 0.435 e. The van der Waals surface area contributed by atoms with Crippen LogP contribution in [0.3, 0.4) is 0 Å². The molecule has 174 valence electrons. The number of sulfone groups is 1. The van der Waals surface area contributed by atoms with E-state index < -0.39 is 39.2 Å². The van der Waals surface area contributed by atoms with Gasteiger partial charge >= 0.3 is 6.09 Å². The van der Waals surface area contributed by atoms with Crippen LogP contribution in [0.4, 0.5) is 4.79 Å². The third kappa shape index (κ3) is 6.66. The number of hydrogen-bond acceptors (Lipinski definition) is 8. The maximum Gasteiger partial charge on any atom is 0.410 e. The number of hydrogen-bond donors (Lipinski definition) is 1. The summed E-state index contributed by atoms with van der Waals surface area (Å²) < 4.78 is 41.5. The third-order valence-electron chi connectivity index (χ3n) is 5.36. The molecule has 2 saturated heterocycles. The van der Waals surface area contributed by atoms with E-state index >= 15 is 0 Å². The Kier molecular flexibility index (Phi) is 8.06. The predicted octanol–water partition coefficient (Wildman–Crippen LogP) is 0.628. The zero-order valence-electron chi connectivity index (χ0n) is 17.7. The van der Waals surface area contributed by atoms with Crippen molar-refractivity contribution in [3.63, 3.8) is 0 Å². The van der Waals surface area contributed by atoms with Gasteiger partial charge in [-0.2, -0.15) is 5.26 Å². The number of benzene rings is 1. The van der Waals surface area contributed by atoms with Crippen LogP contribution in [-0.2, 0) is 34.6 Å². The fourth-order valence-electron chi connectivity index (χ4n) is 3.52. The molecule has 2 amide bonds. The highest BCUT2D eigenvalue weighted by molar-refractivity contribution is 7.90. The quantitative estimate of drug-likeness (QED) is 0.619. The lowest BCUT2D eigenvalue weighted by molar-refractivity contribution is -0.131. The summed E-state index contributed by atoms with van der Waals surface area (Å²) in [5, 5.41) is 12.2. The molecular weight excluding hydrogens is 438 g/mol. The number of carbonyl (C=O) groups excluding carboxylic acids is 2. The summed E-state index contributed by atoms with van der Waals surface area (Å²) in [6.07, 6.45) is -1.86. The number of amides is 2. The van der Waals surface area contributed by atoms with E-state index in [1.807, 2.05) is 0 Å². The smallest absolute Gasteiger partial charge is 0.410 e. The highest BCUT2D eigenvalue weighted by Gasteiger charge is 2.39. The maximum absolute atomic E-state index is 13.0. The molecule has 3 rings (SSSR count).